The smallest absolute Gasteiger partial charge is 0.130 e. The van der Waals surface area contributed by atoms with Crippen LogP contribution < -0.4 is 10.1 Å². The Morgan fingerprint density at radius 1 is 1.05 bits per heavy atom. The Labute approximate surface area is 126 Å². The SMILES string of the molecule is CNCc1cc(F)cc(Oc2cccc(C(C)(C)C)c2)c1. The zero-order chi connectivity index (χ0) is 15.5. The summed E-state index contributed by atoms with van der Waals surface area (Å²) in [5.41, 5.74) is 2.10. The molecule has 0 aromatic heterocycles. The highest BCUT2D eigenvalue weighted by atomic mass is 19.1. The van der Waals surface area contributed by atoms with Gasteiger partial charge in [-0.05, 0) is 47.9 Å². The van der Waals surface area contributed by atoms with Crippen LogP contribution in [0.3, 0.4) is 0 Å². The van der Waals surface area contributed by atoms with Gasteiger partial charge >= 0.3 is 0 Å². The molecule has 0 fully saturated rings. The molecule has 0 saturated carbocycles. The maximum absolute atomic E-state index is 13.6. The fourth-order valence-corrected chi connectivity index (χ4v) is 2.15. The van der Waals surface area contributed by atoms with Crippen LogP contribution in [-0.2, 0) is 12.0 Å². The molecule has 2 nitrogen and oxygen atoms in total. The van der Waals surface area contributed by atoms with Crippen LogP contribution in [0.15, 0.2) is 42.5 Å². The van der Waals surface area contributed by atoms with Crippen molar-refractivity contribution in [2.24, 2.45) is 0 Å². The second-order valence-corrected chi connectivity index (χ2v) is 6.21. The minimum atomic E-state index is -0.287. The van der Waals surface area contributed by atoms with Crippen LogP contribution in [0.1, 0.15) is 31.9 Å². The van der Waals surface area contributed by atoms with Crippen LogP contribution in [0, 0.1) is 5.82 Å². The molecule has 0 heterocycles. The molecule has 0 radical (unpaired) electrons. The van der Waals surface area contributed by atoms with Gasteiger partial charge in [0.1, 0.15) is 17.3 Å². The molecular formula is C18H22FNO. The molecular weight excluding hydrogens is 265 g/mol. The first kappa shape index (κ1) is 15.5. The number of halogens is 1. The molecule has 2 aromatic rings. The second-order valence-electron chi connectivity index (χ2n) is 6.21. The first-order valence-corrected chi connectivity index (χ1v) is 7.11. The zero-order valence-corrected chi connectivity index (χ0v) is 13.0. The van der Waals surface area contributed by atoms with E-state index in [1.807, 2.05) is 31.3 Å². The molecule has 0 aliphatic carbocycles. The maximum atomic E-state index is 13.6. The second kappa shape index (κ2) is 6.27. The van der Waals surface area contributed by atoms with Gasteiger partial charge in [-0.2, -0.15) is 0 Å². The highest BCUT2D eigenvalue weighted by Crippen LogP contribution is 2.29. The van der Waals surface area contributed by atoms with E-state index in [2.05, 4.69) is 32.2 Å². The lowest BCUT2D eigenvalue weighted by molar-refractivity contribution is 0.472. The van der Waals surface area contributed by atoms with Crippen molar-refractivity contribution in [2.45, 2.75) is 32.7 Å². The third-order valence-corrected chi connectivity index (χ3v) is 3.25. The van der Waals surface area contributed by atoms with Crippen molar-refractivity contribution in [3.8, 4) is 11.5 Å². The number of rotatable bonds is 4. The van der Waals surface area contributed by atoms with Crippen molar-refractivity contribution < 1.29 is 9.13 Å². The Morgan fingerprint density at radius 2 is 1.81 bits per heavy atom. The predicted octanol–water partition coefficient (Wildman–Crippen LogP) is 4.63. The predicted molar refractivity (Wildman–Crippen MR) is 84.4 cm³/mol. The number of hydrogen-bond donors (Lipinski definition) is 1. The van der Waals surface area contributed by atoms with Gasteiger partial charge in [0.15, 0.2) is 0 Å². The molecule has 0 aliphatic rings. The molecule has 0 amide bonds. The summed E-state index contributed by atoms with van der Waals surface area (Å²) in [6.45, 7) is 7.06. The number of nitrogens with one attached hydrogen (secondary N) is 1. The molecule has 21 heavy (non-hydrogen) atoms. The average molecular weight is 287 g/mol. The first-order chi connectivity index (χ1) is 9.88. The lowest BCUT2D eigenvalue weighted by Gasteiger charge is -2.19. The van der Waals surface area contributed by atoms with E-state index in [0.29, 0.717) is 12.3 Å². The fourth-order valence-electron chi connectivity index (χ4n) is 2.15. The number of ether oxygens (including phenoxy) is 1. The van der Waals surface area contributed by atoms with Gasteiger partial charge in [0.25, 0.3) is 0 Å². The molecule has 2 aromatic carbocycles. The molecule has 0 saturated heterocycles. The van der Waals surface area contributed by atoms with Crippen molar-refractivity contribution >= 4 is 0 Å². The quantitative estimate of drug-likeness (QED) is 0.885. The summed E-state index contributed by atoms with van der Waals surface area (Å²) in [6, 6.07) is 12.7. The van der Waals surface area contributed by atoms with E-state index in [0.717, 1.165) is 11.3 Å². The molecule has 3 heteroatoms. The van der Waals surface area contributed by atoms with Gasteiger partial charge in [0, 0.05) is 12.6 Å². The van der Waals surface area contributed by atoms with Crippen LogP contribution in [0.4, 0.5) is 4.39 Å². The summed E-state index contributed by atoms with van der Waals surface area (Å²) in [6.07, 6.45) is 0. The van der Waals surface area contributed by atoms with E-state index in [-0.39, 0.29) is 11.2 Å². The number of benzene rings is 2. The average Bonchev–Trinajstić information content (AvgIpc) is 2.37. The third-order valence-electron chi connectivity index (χ3n) is 3.25. The maximum Gasteiger partial charge on any atom is 0.130 e. The van der Waals surface area contributed by atoms with Crippen LogP contribution in [-0.4, -0.2) is 7.05 Å². The Kier molecular flexibility index (Phi) is 4.63. The normalized spacial score (nSPS) is 11.5. The Hall–Kier alpha value is -1.87. The summed E-state index contributed by atoms with van der Waals surface area (Å²) < 4.78 is 19.4. The Balaban J connectivity index is 2.26. The minimum absolute atomic E-state index is 0.0542. The lowest BCUT2D eigenvalue weighted by Crippen LogP contribution is -2.10. The molecule has 0 aliphatic heterocycles. The van der Waals surface area contributed by atoms with Gasteiger partial charge < -0.3 is 10.1 Å². The Bertz CT molecular complexity index is 617. The van der Waals surface area contributed by atoms with Crippen molar-refractivity contribution in [3.63, 3.8) is 0 Å². The van der Waals surface area contributed by atoms with E-state index >= 15 is 0 Å². The van der Waals surface area contributed by atoms with Crippen LogP contribution >= 0.6 is 0 Å². The van der Waals surface area contributed by atoms with E-state index in [4.69, 9.17) is 4.74 Å². The van der Waals surface area contributed by atoms with E-state index < -0.39 is 0 Å². The van der Waals surface area contributed by atoms with E-state index in [9.17, 15) is 4.39 Å². The zero-order valence-electron chi connectivity index (χ0n) is 13.0. The molecule has 1 N–H and O–H groups in total. The summed E-state index contributed by atoms with van der Waals surface area (Å²) in [5.74, 6) is 0.958. The number of hydrogen-bond acceptors (Lipinski definition) is 2. The van der Waals surface area contributed by atoms with Gasteiger partial charge in [0.2, 0.25) is 0 Å². The lowest BCUT2D eigenvalue weighted by atomic mass is 9.87. The summed E-state index contributed by atoms with van der Waals surface area (Å²) in [5, 5.41) is 3.01. The van der Waals surface area contributed by atoms with Crippen LogP contribution in [0.25, 0.3) is 0 Å². The van der Waals surface area contributed by atoms with Crippen molar-refractivity contribution in [1.82, 2.24) is 5.32 Å². The molecule has 2 rings (SSSR count). The molecule has 0 spiro atoms. The fraction of sp³-hybridized carbons (Fsp3) is 0.333. The largest absolute Gasteiger partial charge is 0.457 e. The van der Waals surface area contributed by atoms with Gasteiger partial charge in [-0.15, -0.1) is 0 Å². The van der Waals surface area contributed by atoms with Crippen molar-refractivity contribution in [3.05, 3.63) is 59.4 Å². The highest BCUT2D eigenvalue weighted by Gasteiger charge is 2.14. The molecule has 112 valence electrons. The minimum Gasteiger partial charge on any atom is -0.457 e. The highest BCUT2D eigenvalue weighted by molar-refractivity contribution is 5.38. The van der Waals surface area contributed by atoms with Crippen molar-refractivity contribution in [1.29, 1.82) is 0 Å². The summed E-state index contributed by atoms with van der Waals surface area (Å²) in [4.78, 5) is 0. The standard InChI is InChI=1S/C18H22FNO/c1-18(2,3)14-6-5-7-16(10-14)21-17-9-13(12-20-4)8-15(19)11-17/h5-11,20H,12H2,1-4H3. The van der Waals surface area contributed by atoms with Gasteiger partial charge in [-0.3, -0.25) is 0 Å². The summed E-state index contributed by atoms with van der Waals surface area (Å²) >= 11 is 0. The van der Waals surface area contributed by atoms with Gasteiger partial charge in [-0.25, -0.2) is 4.39 Å². The van der Waals surface area contributed by atoms with Crippen molar-refractivity contribution in [2.75, 3.05) is 7.05 Å². The Morgan fingerprint density at radius 3 is 2.48 bits per heavy atom. The van der Waals surface area contributed by atoms with Crippen LogP contribution in [0.5, 0.6) is 11.5 Å². The van der Waals surface area contributed by atoms with E-state index in [1.165, 1.54) is 17.7 Å². The van der Waals surface area contributed by atoms with Gasteiger partial charge in [-0.1, -0.05) is 32.9 Å². The van der Waals surface area contributed by atoms with Crippen LogP contribution in [0.2, 0.25) is 0 Å². The monoisotopic (exact) mass is 287 g/mol. The third kappa shape index (κ3) is 4.30. The molecule has 0 bridgehead atoms. The molecule has 0 unspecified atom stereocenters. The van der Waals surface area contributed by atoms with E-state index in [1.54, 1.807) is 0 Å². The summed E-state index contributed by atoms with van der Waals surface area (Å²) in [7, 11) is 1.83. The molecule has 0 atom stereocenters. The van der Waals surface area contributed by atoms with Gasteiger partial charge in [0.05, 0.1) is 0 Å². The first-order valence-electron chi connectivity index (χ1n) is 7.11. The topological polar surface area (TPSA) is 21.3 Å².